The summed E-state index contributed by atoms with van der Waals surface area (Å²) in [6, 6.07) is 4.25. The van der Waals surface area contributed by atoms with E-state index < -0.39 is 16.6 Å². The predicted octanol–water partition coefficient (Wildman–Crippen LogP) is 1.24. The Balaban J connectivity index is 2.00. The Bertz CT molecular complexity index is 470. The molecule has 2 rings (SSSR count). The van der Waals surface area contributed by atoms with Gasteiger partial charge in [0.1, 0.15) is 5.82 Å². The van der Waals surface area contributed by atoms with E-state index in [0.29, 0.717) is 18.0 Å². The van der Waals surface area contributed by atoms with Gasteiger partial charge in [0.05, 0.1) is 34.2 Å². The number of hydrogen-bond acceptors (Lipinski definition) is 4. The van der Waals surface area contributed by atoms with Gasteiger partial charge in [-0.2, -0.15) is 0 Å². The van der Waals surface area contributed by atoms with Crippen LogP contribution >= 0.6 is 0 Å². The van der Waals surface area contributed by atoms with E-state index in [4.69, 9.17) is 10.5 Å². The first kappa shape index (κ1) is 14.4. The van der Waals surface area contributed by atoms with Gasteiger partial charge >= 0.3 is 0 Å². The molecule has 0 saturated carbocycles. The van der Waals surface area contributed by atoms with Crippen LogP contribution in [0, 0.1) is 5.82 Å². The quantitative estimate of drug-likeness (QED) is 0.846. The highest BCUT2D eigenvalue weighted by Crippen LogP contribution is 2.17. The van der Waals surface area contributed by atoms with E-state index in [1.54, 1.807) is 6.07 Å². The average Bonchev–Trinajstić information content (AvgIpc) is 2.38. The van der Waals surface area contributed by atoms with Crippen molar-refractivity contribution in [2.45, 2.75) is 17.9 Å². The van der Waals surface area contributed by atoms with E-state index in [2.05, 4.69) is 11.8 Å². The number of halogens is 1. The van der Waals surface area contributed by atoms with E-state index >= 15 is 0 Å². The summed E-state index contributed by atoms with van der Waals surface area (Å²) in [5, 5.41) is 0. The minimum absolute atomic E-state index is 0.105. The molecule has 0 amide bonds. The van der Waals surface area contributed by atoms with Crippen molar-refractivity contribution in [3.63, 3.8) is 0 Å². The molecule has 19 heavy (non-hydrogen) atoms. The van der Waals surface area contributed by atoms with Crippen molar-refractivity contribution in [3.05, 3.63) is 24.0 Å². The van der Waals surface area contributed by atoms with Crippen LogP contribution in [0.1, 0.15) is 6.92 Å². The number of likely N-dealkylation sites (N-methyl/N-ethyl adjacent to an activating group) is 1. The zero-order chi connectivity index (χ0) is 13.8. The first-order valence-electron chi connectivity index (χ1n) is 6.37. The second-order valence-electron chi connectivity index (χ2n) is 4.59. The molecule has 2 atom stereocenters. The molecule has 0 spiro atoms. The molecule has 1 aromatic rings. The number of morpholine rings is 1. The van der Waals surface area contributed by atoms with Gasteiger partial charge in [-0.3, -0.25) is 9.11 Å². The number of benzene rings is 1. The second kappa shape index (κ2) is 6.45. The molecule has 1 aromatic carbocycles. The highest BCUT2D eigenvalue weighted by Gasteiger charge is 2.23. The van der Waals surface area contributed by atoms with Crippen molar-refractivity contribution in [1.82, 2.24) is 4.90 Å². The minimum atomic E-state index is -1.40. The molecule has 1 fully saturated rings. The lowest BCUT2D eigenvalue weighted by Crippen LogP contribution is -2.44. The molecule has 6 heteroatoms. The van der Waals surface area contributed by atoms with Crippen LogP contribution in [0.2, 0.25) is 0 Å². The Kier molecular flexibility index (Phi) is 4.90. The molecule has 2 unspecified atom stereocenters. The molecule has 0 bridgehead atoms. The van der Waals surface area contributed by atoms with Crippen molar-refractivity contribution in [2.24, 2.45) is 0 Å². The summed E-state index contributed by atoms with van der Waals surface area (Å²) in [4.78, 5) is 2.44. The molecule has 4 nitrogen and oxygen atoms in total. The van der Waals surface area contributed by atoms with Gasteiger partial charge in [0.15, 0.2) is 0 Å². The molecule has 0 aromatic heterocycles. The number of ether oxygens (including phenoxy) is 1. The highest BCUT2D eigenvalue weighted by atomic mass is 32.2. The molecule has 106 valence electrons. The Morgan fingerprint density at radius 3 is 3.05 bits per heavy atom. The summed E-state index contributed by atoms with van der Waals surface area (Å²) >= 11 is 0. The smallest absolute Gasteiger partial charge is 0.141 e. The lowest BCUT2D eigenvalue weighted by Gasteiger charge is -2.31. The lowest BCUT2D eigenvalue weighted by atomic mass is 10.3. The van der Waals surface area contributed by atoms with Crippen LogP contribution in [0.15, 0.2) is 23.1 Å². The molecule has 1 aliphatic rings. The van der Waals surface area contributed by atoms with E-state index in [1.807, 2.05) is 0 Å². The van der Waals surface area contributed by atoms with Crippen LogP contribution in [0.25, 0.3) is 0 Å². The van der Waals surface area contributed by atoms with E-state index in [0.717, 1.165) is 19.6 Å². The third-order valence-corrected chi connectivity index (χ3v) is 4.70. The molecule has 1 heterocycles. The number of nitrogens with two attached hydrogens (primary N) is 1. The standard InChI is InChI=1S/C13H19FN2O2S/c1-2-16-5-6-18-11(8-16)9-19(17)13-4-3-10(15)7-12(13)14/h3-4,7,11H,2,5-6,8-9,15H2,1H3. The van der Waals surface area contributed by atoms with Crippen LogP contribution in [-0.2, 0) is 15.5 Å². The summed E-state index contributed by atoms with van der Waals surface area (Å²) in [6.07, 6.45) is -0.105. The van der Waals surface area contributed by atoms with E-state index in [9.17, 15) is 8.60 Å². The summed E-state index contributed by atoms with van der Waals surface area (Å²) in [5.41, 5.74) is 5.82. The molecule has 0 aliphatic carbocycles. The van der Waals surface area contributed by atoms with Gasteiger partial charge in [0, 0.05) is 18.8 Å². The zero-order valence-electron chi connectivity index (χ0n) is 11.0. The van der Waals surface area contributed by atoms with Crippen molar-refractivity contribution in [1.29, 1.82) is 0 Å². The van der Waals surface area contributed by atoms with Gasteiger partial charge < -0.3 is 10.5 Å². The van der Waals surface area contributed by atoms with Crippen LogP contribution in [0.5, 0.6) is 0 Å². The summed E-state index contributed by atoms with van der Waals surface area (Å²) in [5.74, 6) is -0.196. The first-order valence-corrected chi connectivity index (χ1v) is 7.69. The number of rotatable bonds is 4. The zero-order valence-corrected chi connectivity index (χ0v) is 11.8. The van der Waals surface area contributed by atoms with Gasteiger partial charge in [-0.25, -0.2) is 4.39 Å². The highest BCUT2D eigenvalue weighted by molar-refractivity contribution is 7.85. The predicted molar refractivity (Wildman–Crippen MR) is 73.9 cm³/mol. The summed E-state index contributed by atoms with van der Waals surface area (Å²) in [7, 11) is -1.40. The van der Waals surface area contributed by atoms with E-state index in [-0.39, 0.29) is 11.0 Å². The molecular weight excluding hydrogens is 267 g/mol. The fourth-order valence-electron chi connectivity index (χ4n) is 2.13. The maximum Gasteiger partial charge on any atom is 0.141 e. The fraction of sp³-hybridized carbons (Fsp3) is 0.538. The number of hydrogen-bond donors (Lipinski definition) is 1. The van der Waals surface area contributed by atoms with Gasteiger partial charge in [-0.15, -0.1) is 0 Å². The van der Waals surface area contributed by atoms with Crippen LogP contribution < -0.4 is 5.73 Å². The molecule has 2 N–H and O–H groups in total. The first-order chi connectivity index (χ1) is 9.10. The van der Waals surface area contributed by atoms with Gasteiger partial charge in [0.25, 0.3) is 0 Å². The SMILES string of the molecule is CCN1CCOC(CS(=O)c2ccc(N)cc2F)C1. The average molecular weight is 286 g/mol. The third-order valence-electron chi connectivity index (χ3n) is 3.21. The largest absolute Gasteiger partial charge is 0.399 e. The third kappa shape index (κ3) is 3.75. The Morgan fingerprint density at radius 1 is 1.58 bits per heavy atom. The van der Waals surface area contributed by atoms with Crippen molar-refractivity contribution >= 4 is 16.5 Å². The summed E-state index contributed by atoms with van der Waals surface area (Å²) < 4.78 is 31.4. The van der Waals surface area contributed by atoms with Crippen molar-refractivity contribution in [3.8, 4) is 0 Å². The van der Waals surface area contributed by atoms with Crippen LogP contribution in [-0.4, -0.2) is 47.2 Å². The second-order valence-corrected chi connectivity index (χ2v) is 6.05. The normalized spacial score (nSPS) is 22.3. The Morgan fingerprint density at radius 2 is 2.37 bits per heavy atom. The number of nitrogen functional groups attached to an aromatic ring is 1. The maximum absolute atomic E-state index is 13.7. The van der Waals surface area contributed by atoms with Crippen molar-refractivity contribution < 1.29 is 13.3 Å². The van der Waals surface area contributed by atoms with Crippen LogP contribution in [0.4, 0.5) is 10.1 Å². The van der Waals surface area contributed by atoms with E-state index in [1.165, 1.54) is 12.1 Å². The number of anilines is 1. The minimum Gasteiger partial charge on any atom is -0.399 e. The Labute approximate surface area is 115 Å². The molecule has 1 saturated heterocycles. The Hall–Kier alpha value is -0.980. The maximum atomic E-state index is 13.7. The topological polar surface area (TPSA) is 55.6 Å². The monoisotopic (exact) mass is 286 g/mol. The van der Waals surface area contributed by atoms with Crippen LogP contribution in [0.3, 0.4) is 0 Å². The van der Waals surface area contributed by atoms with Crippen molar-refractivity contribution in [2.75, 3.05) is 37.7 Å². The lowest BCUT2D eigenvalue weighted by molar-refractivity contribution is -0.0141. The van der Waals surface area contributed by atoms with Gasteiger partial charge in [0.2, 0.25) is 0 Å². The van der Waals surface area contributed by atoms with Gasteiger partial charge in [-0.05, 0) is 24.7 Å². The summed E-state index contributed by atoms with van der Waals surface area (Å²) in [6.45, 7) is 5.32. The molecule has 0 radical (unpaired) electrons. The van der Waals surface area contributed by atoms with Gasteiger partial charge in [-0.1, -0.05) is 6.92 Å². The number of nitrogens with zero attached hydrogens (tertiary/aromatic N) is 1. The molecule has 1 aliphatic heterocycles. The fourth-order valence-corrected chi connectivity index (χ4v) is 3.34. The molecular formula is C13H19FN2O2S.